The highest BCUT2D eigenvalue weighted by Gasteiger charge is 2.23. The number of rotatable bonds is 5. The van der Waals surface area contributed by atoms with Crippen molar-refractivity contribution in [2.24, 2.45) is 0 Å². The van der Waals surface area contributed by atoms with Crippen LogP contribution in [0.3, 0.4) is 0 Å². The molecule has 0 fully saturated rings. The zero-order chi connectivity index (χ0) is 16.3. The highest BCUT2D eigenvalue weighted by molar-refractivity contribution is 6.36. The Morgan fingerprint density at radius 2 is 1.77 bits per heavy atom. The van der Waals surface area contributed by atoms with Crippen LogP contribution < -0.4 is 4.90 Å². The standard InChI is InChI=1S/C18H23ClN2O/c1-5-18(22)21(13(2)12-20(3)4)17-11-10-16(19)14-8-6-7-9-15(14)17/h6-11,13H,5,12H2,1-4H3. The van der Waals surface area contributed by atoms with E-state index in [-0.39, 0.29) is 11.9 Å². The quantitative estimate of drug-likeness (QED) is 0.825. The lowest BCUT2D eigenvalue weighted by Gasteiger charge is -2.32. The van der Waals surface area contributed by atoms with E-state index in [9.17, 15) is 4.79 Å². The van der Waals surface area contributed by atoms with Gasteiger partial charge in [-0.2, -0.15) is 0 Å². The lowest BCUT2D eigenvalue weighted by molar-refractivity contribution is -0.118. The van der Waals surface area contributed by atoms with Crippen molar-refractivity contribution in [3.63, 3.8) is 0 Å². The zero-order valence-electron chi connectivity index (χ0n) is 13.6. The Balaban J connectivity index is 2.57. The van der Waals surface area contributed by atoms with Gasteiger partial charge >= 0.3 is 0 Å². The summed E-state index contributed by atoms with van der Waals surface area (Å²) in [5, 5.41) is 2.71. The van der Waals surface area contributed by atoms with Gasteiger partial charge in [0.1, 0.15) is 0 Å². The molecule has 0 aliphatic heterocycles. The summed E-state index contributed by atoms with van der Waals surface area (Å²) in [6, 6.07) is 11.9. The van der Waals surface area contributed by atoms with Crippen LogP contribution in [0.2, 0.25) is 5.02 Å². The summed E-state index contributed by atoms with van der Waals surface area (Å²) in [6.45, 7) is 4.79. The number of benzene rings is 2. The first kappa shape index (κ1) is 16.8. The monoisotopic (exact) mass is 318 g/mol. The molecule has 1 unspecified atom stereocenters. The summed E-state index contributed by atoms with van der Waals surface area (Å²) >= 11 is 6.30. The molecule has 2 aromatic rings. The Bertz CT molecular complexity index is 669. The van der Waals surface area contributed by atoms with Crippen molar-refractivity contribution in [2.75, 3.05) is 25.5 Å². The van der Waals surface area contributed by atoms with Crippen LogP contribution in [-0.2, 0) is 4.79 Å². The second kappa shape index (κ2) is 7.12. The Labute approximate surface area is 137 Å². The summed E-state index contributed by atoms with van der Waals surface area (Å²) < 4.78 is 0. The van der Waals surface area contributed by atoms with Gasteiger partial charge in [0.25, 0.3) is 0 Å². The lowest BCUT2D eigenvalue weighted by Crippen LogP contribution is -2.44. The number of hydrogen-bond donors (Lipinski definition) is 0. The SMILES string of the molecule is CCC(=O)N(c1ccc(Cl)c2ccccc12)C(C)CN(C)C. The highest BCUT2D eigenvalue weighted by atomic mass is 35.5. The summed E-state index contributed by atoms with van der Waals surface area (Å²) in [6.07, 6.45) is 0.481. The number of carbonyl (C=O) groups is 1. The molecular weight excluding hydrogens is 296 g/mol. The Hall–Kier alpha value is -1.58. The number of fused-ring (bicyclic) bond motifs is 1. The first-order valence-corrected chi connectivity index (χ1v) is 7.97. The molecule has 118 valence electrons. The van der Waals surface area contributed by atoms with Crippen LogP contribution >= 0.6 is 11.6 Å². The number of anilines is 1. The molecular formula is C18H23ClN2O. The van der Waals surface area contributed by atoms with Gasteiger partial charge in [-0.05, 0) is 33.2 Å². The van der Waals surface area contributed by atoms with Gasteiger partial charge in [-0.1, -0.05) is 42.8 Å². The predicted molar refractivity (Wildman–Crippen MR) is 94.8 cm³/mol. The van der Waals surface area contributed by atoms with Crippen molar-refractivity contribution in [3.05, 3.63) is 41.4 Å². The molecule has 22 heavy (non-hydrogen) atoms. The Morgan fingerprint density at radius 1 is 1.14 bits per heavy atom. The molecule has 0 bridgehead atoms. The van der Waals surface area contributed by atoms with Crippen molar-refractivity contribution < 1.29 is 4.79 Å². The maximum absolute atomic E-state index is 12.5. The van der Waals surface area contributed by atoms with E-state index in [1.165, 1.54) is 0 Å². The lowest BCUT2D eigenvalue weighted by atomic mass is 10.1. The van der Waals surface area contributed by atoms with Crippen LogP contribution in [0.25, 0.3) is 10.8 Å². The second-order valence-corrected chi connectivity index (χ2v) is 6.25. The average Bonchev–Trinajstić information content (AvgIpc) is 2.49. The van der Waals surface area contributed by atoms with E-state index in [2.05, 4.69) is 11.8 Å². The fourth-order valence-electron chi connectivity index (χ4n) is 2.85. The number of likely N-dealkylation sites (N-methyl/N-ethyl adjacent to an activating group) is 1. The second-order valence-electron chi connectivity index (χ2n) is 5.84. The van der Waals surface area contributed by atoms with Crippen LogP contribution in [0.1, 0.15) is 20.3 Å². The van der Waals surface area contributed by atoms with Crippen molar-refractivity contribution in [1.29, 1.82) is 0 Å². The molecule has 0 radical (unpaired) electrons. The molecule has 0 aliphatic carbocycles. The van der Waals surface area contributed by atoms with Gasteiger partial charge in [-0.25, -0.2) is 0 Å². The summed E-state index contributed by atoms with van der Waals surface area (Å²) in [4.78, 5) is 16.5. The van der Waals surface area contributed by atoms with Crippen molar-refractivity contribution in [2.45, 2.75) is 26.3 Å². The van der Waals surface area contributed by atoms with Gasteiger partial charge in [0.05, 0.1) is 5.69 Å². The molecule has 1 amide bonds. The van der Waals surface area contributed by atoms with E-state index in [0.717, 1.165) is 23.0 Å². The Kier molecular flexibility index (Phi) is 5.43. The van der Waals surface area contributed by atoms with Gasteiger partial charge in [0.15, 0.2) is 0 Å². The fourth-order valence-corrected chi connectivity index (χ4v) is 3.08. The van der Waals surface area contributed by atoms with E-state index in [0.29, 0.717) is 11.4 Å². The predicted octanol–water partition coefficient (Wildman–Crippen LogP) is 4.19. The van der Waals surface area contributed by atoms with E-state index in [1.54, 1.807) is 0 Å². The molecule has 0 saturated carbocycles. The molecule has 0 saturated heterocycles. The smallest absolute Gasteiger partial charge is 0.227 e. The first-order chi connectivity index (χ1) is 10.5. The number of amides is 1. The summed E-state index contributed by atoms with van der Waals surface area (Å²) in [5.41, 5.74) is 0.932. The van der Waals surface area contributed by atoms with Crippen LogP contribution in [0.15, 0.2) is 36.4 Å². The van der Waals surface area contributed by atoms with Gasteiger partial charge < -0.3 is 9.80 Å². The number of halogens is 1. The topological polar surface area (TPSA) is 23.6 Å². The molecule has 3 nitrogen and oxygen atoms in total. The average molecular weight is 319 g/mol. The van der Waals surface area contributed by atoms with Crippen LogP contribution in [0, 0.1) is 0 Å². The third-order valence-corrected chi connectivity index (χ3v) is 4.08. The minimum atomic E-state index is 0.0898. The number of hydrogen-bond acceptors (Lipinski definition) is 2. The van der Waals surface area contributed by atoms with Gasteiger partial charge in [-0.3, -0.25) is 4.79 Å². The minimum Gasteiger partial charge on any atom is -0.308 e. The summed E-state index contributed by atoms with van der Waals surface area (Å²) in [7, 11) is 4.04. The first-order valence-electron chi connectivity index (χ1n) is 7.59. The molecule has 0 heterocycles. The Morgan fingerprint density at radius 3 is 2.36 bits per heavy atom. The zero-order valence-corrected chi connectivity index (χ0v) is 14.4. The van der Waals surface area contributed by atoms with Crippen molar-refractivity contribution in [1.82, 2.24) is 4.90 Å². The maximum atomic E-state index is 12.5. The molecule has 0 aliphatic rings. The highest BCUT2D eigenvalue weighted by Crippen LogP contribution is 2.33. The molecule has 0 spiro atoms. The molecule has 2 rings (SSSR count). The third kappa shape index (κ3) is 3.42. The normalized spacial score (nSPS) is 12.6. The van der Waals surface area contributed by atoms with E-state index in [1.807, 2.05) is 62.3 Å². The minimum absolute atomic E-state index is 0.0898. The third-order valence-electron chi connectivity index (χ3n) is 3.75. The van der Waals surface area contributed by atoms with Gasteiger partial charge in [-0.15, -0.1) is 0 Å². The van der Waals surface area contributed by atoms with Crippen LogP contribution in [0.4, 0.5) is 5.69 Å². The molecule has 0 aromatic heterocycles. The fraction of sp³-hybridized carbons (Fsp3) is 0.389. The molecule has 1 atom stereocenters. The van der Waals surface area contributed by atoms with E-state index in [4.69, 9.17) is 11.6 Å². The number of carbonyl (C=O) groups excluding carboxylic acids is 1. The largest absolute Gasteiger partial charge is 0.308 e. The molecule has 0 N–H and O–H groups in total. The number of nitrogens with zero attached hydrogens (tertiary/aromatic N) is 2. The van der Waals surface area contributed by atoms with Crippen LogP contribution in [-0.4, -0.2) is 37.5 Å². The van der Waals surface area contributed by atoms with Gasteiger partial charge in [0.2, 0.25) is 5.91 Å². The van der Waals surface area contributed by atoms with Crippen LogP contribution in [0.5, 0.6) is 0 Å². The van der Waals surface area contributed by atoms with Gasteiger partial charge in [0, 0.05) is 34.8 Å². The summed E-state index contributed by atoms with van der Waals surface area (Å²) in [5.74, 6) is 0.127. The molecule has 2 aromatic carbocycles. The molecule has 4 heteroatoms. The van der Waals surface area contributed by atoms with Crippen molar-refractivity contribution in [3.8, 4) is 0 Å². The van der Waals surface area contributed by atoms with E-state index < -0.39 is 0 Å². The van der Waals surface area contributed by atoms with Crippen molar-refractivity contribution >= 4 is 34.0 Å². The van der Waals surface area contributed by atoms with E-state index >= 15 is 0 Å². The maximum Gasteiger partial charge on any atom is 0.227 e.